The molecule has 0 rings (SSSR count). The Labute approximate surface area is 192 Å². The second-order valence-corrected chi connectivity index (χ2v) is 9.74. The Hall–Kier alpha value is -0.320. The van der Waals surface area contributed by atoms with Crippen LogP contribution in [0.25, 0.3) is 0 Å². The van der Waals surface area contributed by atoms with E-state index in [0.29, 0.717) is 86.6 Å². The van der Waals surface area contributed by atoms with Gasteiger partial charge in [0.05, 0.1) is 0 Å². The summed E-state index contributed by atoms with van der Waals surface area (Å²) in [7, 11) is 0. The fraction of sp³-hybridized carbons (Fsp3) is 1.00. The molecule has 8 unspecified atom stereocenters. The van der Waals surface area contributed by atoms with Crippen molar-refractivity contribution in [2.45, 2.75) is 34.1 Å². The summed E-state index contributed by atoms with van der Waals surface area (Å²) in [5.41, 5.74) is 35.9. The molecule has 0 saturated heterocycles. The number of nitrogens with two attached hydrogens (primary N) is 6. The first-order valence-corrected chi connectivity index (χ1v) is 12.4. The molecule has 0 aromatic rings. The van der Waals surface area contributed by atoms with Crippen molar-refractivity contribution in [2.24, 2.45) is 81.7 Å². The lowest BCUT2D eigenvalue weighted by Crippen LogP contribution is -2.43. The zero-order valence-corrected chi connectivity index (χ0v) is 20.9. The molecular formula is C23H56N8. The largest absolute Gasteiger partial charge is 0.330 e. The summed E-state index contributed by atoms with van der Waals surface area (Å²) < 4.78 is 0. The number of hydrogen-bond acceptors (Lipinski definition) is 8. The Kier molecular flexibility index (Phi) is 18.0. The van der Waals surface area contributed by atoms with Crippen LogP contribution in [0.1, 0.15) is 34.1 Å². The highest BCUT2D eigenvalue weighted by Crippen LogP contribution is 2.26. The predicted octanol–water partition coefficient (Wildman–Crippen LogP) is -0.683. The monoisotopic (exact) mass is 444 g/mol. The van der Waals surface area contributed by atoms with Crippen molar-refractivity contribution in [1.82, 2.24) is 10.6 Å². The third kappa shape index (κ3) is 10.9. The quantitative estimate of drug-likeness (QED) is 0.114. The predicted molar refractivity (Wildman–Crippen MR) is 135 cm³/mol. The Balaban J connectivity index is 4.37. The minimum Gasteiger partial charge on any atom is -0.330 e. The van der Waals surface area contributed by atoms with Crippen LogP contribution in [0.4, 0.5) is 0 Å². The molecule has 0 spiro atoms. The molecule has 8 atom stereocenters. The highest BCUT2D eigenvalue weighted by molar-refractivity contribution is 4.83. The van der Waals surface area contributed by atoms with E-state index in [4.69, 9.17) is 34.4 Å². The third-order valence-electron chi connectivity index (χ3n) is 7.51. The molecule has 0 radical (unpaired) electrons. The summed E-state index contributed by atoms with van der Waals surface area (Å²) >= 11 is 0. The van der Waals surface area contributed by atoms with Gasteiger partial charge in [-0.05, 0) is 119 Å². The first-order valence-electron chi connectivity index (χ1n) is 12.4. The van der Waals surface area contributed by atoms with Crippen molar-refractivity contribution >= 4 is 0 Å². The molecule has 0 fully saturated rings. The van der Waals surface area contributed by atoms with Gasteiger partial charge in [0.1, 0.15) is 0 Å². The molecule has 0 aromatic heterocycles. The van der Waals surface area contributed by atoms with Gasteiger partial charge < -0.3 is 45.0 Å². The van der Waals surface area contributed by atoms with E-state index in [9.17, 15) is 0 Å². The second kappa shape index (κ2) is 18.1. The lowest BCUT2D eigenvalue weighted by molar-refractivity contribution is 0.184. The molecule has 0 aliphatic heterocycles. The smallest absolute Gasteiger partial charge is 0.00142 e. The molecule has 188 valence electrons. The average Bonchev–Trinajstić information content (AvgIpc) is 2.79. The van der Waals surface area contributed by atoms with Crippen molar-refractivity contribution in [1.29, 1.82) is 0 Å². The zero-order chi connectivity index (χ0) is 23.8. The normalized spacial score (nSPS) is 19.9. The van der Waals surface area contributed by atoms with Crippen LogP contribution in [0.5, 0.6) is 0 Å². The molecule has 0 heterocycles. The van der Waals surface area contributed by atoms with Gasteiger partial charge in [-0.3, -0.25) is 0 Å². The van der Waals surface area contributed by atoms with Crippen LogP contribution in [0.15, 0.2) is 0 Å². The number of nitrogens with one attached hydrogen (secondary N) is 2. The summed E-state index contributed by atoms with van der Waals surface area (Å²) in [6.07, 6.45) is 1.07. The summed E-state index contributed by atoms with van der Waals surface area (Å²) in [5.74, 6) is 3.31. The Morgan fingerprint density at radius 2 is 0.806 bits per heavy atom. The van der Waals surface area contributed by atoms with Gasteiger partial charge in [0.2, 0.25) is 0 Å². The molecule has 0 aliphatic rings. The van der Waals surface area contributed by atoms with Gasteiger partial charge in [-0.1, -0.05) is 27.7 Å². The van der Waals surface area contributed by atoms with E-state index < -0.39 is 0 Å². The average molecular weight is 445 g/mol. The second-order valence-electron chi connectivity index (χ2n) is 9.74. The van der Waals surface area contributed by atoms with E-state index in [2.05, 4.69) is 38.3 Å². The lowest BCUT2D eigenvalue weighted by Gasteiger charge is -2.34. The van der Waals surface area contributed by atoms with Crippen molar-refractivity contribution < 1.29 is 0 Å². The molecule has 0 amide bonds. The Bertz CT molecular complexity index is 411. The van der Waals surface area contributed by atoms with Gasteiger partial charge in [-0.25, -0.2) is 0 Å². The summed E-state index contributed by atoms with van der Waals surface area (Å²) in [6, 6.07) is 0. The zero-order valence-electron chi connectivity index (χ0n) is 20.9. The fourth-order valence-electron chi connectivity index (χ4n) is 4.87. The van der Waals surface area contributed by atoms with Gasteiger partial charge in [-0.2, -0.15) is 0 Å². The Morgan fingerprint density at radius 1 is 0.452 bits per heavy atom. The molecule has 0 bridgehead atoms. The van der Waals surface area contributed by atoms with E-state index in [1.165, 1.54) is 0 Å². The summed E-state index contributed by atoms with van der Waals surface area (Å²) in [5, 5.41) is 7.22. The van der Waals surface area contributed by atoms with Crippen LogP contribution in [-0.4, -0.2) is 65.4 Å². The molecule has 14 N–H and O–H groups in total. The van der Waals surface area contributed by atoms with Crippen molar-refractivity contribution in [3.63, 3.8) is 0 Å². The van der Waals surface area contributed by atoms with Gasteiger partial charge in [0.25, 0.3) is 0 Å². The van der Waals surface area contributed by atoms with Crippen LogP contribution < -0.4 is 45.0 Å². The summed E-state index contributed by atoms with van der Waals surface area (Å²) in [6.45, 7) is 16.6. The third-order valence-corrected chi connectivity index (χ3v) is 7.51. The van der Waals surface area contributed by atoms with Crippen LogP contribution >= 0.6 is 0 Å². The van der Waals surface area contributed by atoms with Crippen LogP contribution in [-0.2, 0) is 0 Å². The van der Waals surface area contributed by atoms with Crippen LogP contribution in [0, 0.1) is 47.3 Å². The highest BCUT2D eigenvalue weighted by atomic mass is 14.9. The van der Waals surface area contributed by atoms with E-state index in [1.807, 2.05) is 0 Å². The maximum atomic E-state index is 6.08. The molecule has 0 aromatic carbocycles. The first kappa shape index (κ1) is 30.7. The number of hydrogen-bond donors (Lipinski definition) is 8. The molecular weight excluding hydrogens is 388 g/mol. The van der Waals surface area contributed by atoms with E-state index in [0.717, 1.165) is 32.6 Å². The van der Waals surface area contributed by atoms with E-state index in [-0.39, 0.29) is 0 Å². The standard InChI is InChI=1S/C23H56N8/c1-16(8-24)20(11-27)22(13-29)19(4)14-30-6-5-7-31-15-23(18(3)10-26)21(12-28)17(2)9-25/h16-23,30-31H,5-15,24-29H2,1-4H3. The van der Waals surface area contributed by atoms with Gasteiger partial charge in [0.15, 0.2) is 0 Å². The van der Waals surface area contributed by atoms with Crippen molar-refractivity contribution in [3.05, 3.63) is 0 Å². The molecule has 8 heteroatoms. The molecule has 0 aliphatic carbocycles. The molecule has 0 saturated carbocycles. The Morgan fingerprint density at radius 3 is 1.23 bits per heavy atom. The maximum absolute atomic E-state index is 6.08. The summed E-state index contributed by atoms with van der Waals surface area (Å²) in [4.78, 5) is 0. The minimum absolute atomic E-state index is 0.376. The number of rotatable bonds is 20. The van der Waals surface area contributed by atoms with Crippen molar-refractivity contribution in [3.8, 4) is 0 Å². The maximum Gasteiger partial charge on any atom is -0.00142 e. The highest BCUT2D eigenvalue weighted by Gasteiger charge is 2.29. The topological polar surface area (TPSA) is 180 Å². The molecule has 31 heavy (non-hydrogen) atoms. The van der Waals surface area contributed by atoms with Crippen LogP contribution in [0.2, 0.25) is 0 Å². The van der Waals surface area contributed by atoms with E-state index >= 15 is 0 Å². The van der Waals surface area contributed by atoms with Crippen LogP contribution in [0.3, 0.4) is 0 Å². The van der Waals surface area contributed by atoms with E-state index in [1.54, 1.807) is 0 Å². The minimum atomic E-state index is 0.376. The van der Waals surface area contributed by atoms with Gasteiger partial charge in [0, 0.05) is 0 Å². The molecule has 8 nitrogen and oxygen atoms in total. The lowest BCUT2D eigenvalue weighted by atomic mass is 9.75. The van der Waals surface area contributed by atoms with Gasteiger partial charge in [-0.15, -0.1) is 0 Å². The van der Waals surface area contributed by atoms with Crippen molar-refractivity contribution in [2.75, 3.05) is 65.4 Å². The SMILES string of the molecule is CC(CN)C(CN)C(CN)C(C)CNCCCNCC(C(C)CN)C(CN)C(C)CN. The fourth-order valence-corrected chi connectivity index (χ4v) is 4.87. The van der Waals surface area contributed by atoms with Gasteiger partial charge >= 0.3 is 0 Å². The first-order chi connectivity index (χ1) is 14.8.